The first-order chi connectivity index (χ1) is 11.7. The van der Waals surface area contributed by atoms with E-state index < -0.39 is 0 Å². The van der Waals surface area contributed by atoms with Crippen molar-refractivity contribution in [2.24, 2.45) is 11.8 Å². The summed E-state index contributed by atoms with van der Waals surface area (Å²) >= 11 is 0. The molecule has 0 bridgehead atoms. The molecule has 3 rings (SSSR count). The standard InChI is InChI=1S/C20H28N2O2/c23-19(21-15-9-3-1-4-10-15)17-13-7-8-14-18(17)20(24)22-16-11-5-2-6-12-16/h3,5,7-9,11,15-18H,1-2,4,6,10,12-14H2,(H,21,23)(H,22,24)/t15-,16+,17-,18+. The second-order valence-electron chi connectivity index (χ2n) is 7.10. The Labute approximate surface area is 144 Å². The van der Waals surface area contributed by atoms with E-state index in [0.717, 1.165) is 38.5 Å². The zero-order valence-electron chi connectivity index (χ0n) is 14.2. The summed E-state index contributed by atoms with van der Waals surface area (Å²) in [6, 6.07) is 0.254. The zero-order chi connectivity index (χ0) is 16.8. The van der Waals surface area contributed by atoms with Crippen molar-refractivity contribution >= 4 is 11.8 Å². The van der Waals surface area contributed by atoms with Gasteiger partial charge in [-0.3, -0.25) is 9.59 Å². The first-order valence-corrected chi connectivity index (χ1v) is 9.33. The third-order valence-electron chi connectivity index (χ3n) is 5.27. The fourth-order valence-corrected chi connectivity index (χ4v) is 3.84. The van der Waals surface area contributed by atoms with Gasteiger partial charge in [0.15, 0.2) is 0 Å². The van der Waals surface area contributed by atoms with Gasteiger partial charge in [-0.2, -0.15) is 0 Å². The van der Waals surface area contributed by atoms with Crippen molar-refractivity contribution in [2.75, 3.05) is 0 Å². The molecule has 3 aliphatic carbocycles. The van der Waals surface area contributed by atoms with Crippen LogP contribution in [0.3, 0.4) is 0 Å². The molecular formula is C20H28N2O2. The maximum absolute atomic E-state index is 12.7. The van der Waals surface area contributed by atoms with E-state index >= 15 is 0 Å². The molecule has 2 N–H and O–H groups in total. The van der Waals surface area contributed by atoms with Crippen molar-refractivity contribution in [1.29, 1.82) is 0 Å². The number of rotatable bonds is 4. The molecule has 0 saturated carbocycles. The highest BCUT2D eigenvalue weighted by atomic mass is 16.2. The molecule has 0 fully saturated rings. The topological polar surface area (TPSA) is 58.2 Å². The van der Waals surface area contributed by atoms with Gasteiger partial charge < -0.3 is 10.6 Å². The Kier molecular flexibility index (Phi) is 5.89. The second kappa shape index (κ2) is 8.32. The molecule has 0 heterocycles. The van der Waals surface area contributed by atoms with Crippen molar-refractivity contribution in [3.63, 3.8) is 0 Å². The van der Waals surface area contributed by atoms with E-state index in [-0.39, 0.29) is 35.7 Å². The average molecular weight is 328 g/mol. The van der Waals surface area contributed by atoms with Crippen molar-refractivity contribution in [2.45, 2.75) is 63.5 Å². The van der Waals surface area contributed by atoms with Gasteiger partial charge in [-0.25, -0.2) is 0 Å². The van der Waals surface area contributed by atoms with Crippen LogP contribution in [0.15, 0.2) is 36.5 Å². The predicted molar refractivity (Wildman–Crippen MR) is 95.2 cm³/mol. The van der Waals surface area contributed by atoms with Crippen LogP contribution in [0.5, 0.6) is 0 Å². The lowest BCUT2D eigenvalue weighted by Crippen LogP contribution is -2.47. The fraction of sp³-hybridized carbons (Fsp3) is 0.600. The van der Waals surface area contributed by atoms with Crippen LogP contribution in [0.25, 0.3) is 0 Å². The number of hydrogen-bond donors (Lipinski definition) is 2. The Balaban J connectivity index is 1.60. The van der Waals surface area contributed by atoms with Gasteiger partial charge >= 0.3 is 0 Å². The maximum Gasteiger partial charge on any atom is 0.224 e. The van der Waals surface area contributed by atoms with Crippen molar-refractivity contribution in [3.05, 3.63) is 36.5 Å². The van der Waals surface area contributed by atoms with Crippen molar-refractivity contribution < 1.29 is 9.59 Å². The van der Waals surface area contributed by atoms with E-state index in [2.05, 4.69) is 34.9 Å². The van der Waals surface area contributed by atoms with Gasteiger partial charge in [-0.05, 0) is 51.4 Å². The number of carbonyl (C=O) groups is 2. The minimum absolute atomic E-state index is 0.0234. The molecule has 0 aromatic heterocycles. The van der Waals surface area contributed by atoms with E-state index in [4.69, 9.17) is 0 Å². The minimum atomic E-state index is -0.252. The van der Waals surface area contributed by atoms with E-state index in [9.17, 15) is 9.59 Å². The van der Waals surface area contributed by atoms with Gasteiger partial charge in [-0.15, -0.1) is 0 Å². The van der Waals surface area contributed by atoms with Gasteiger partial charge in [0.05, 0.1) is 11.8 Å². The third-order valence-corrected chi connectivity index (χ3v) is 5.27. The summed E-state index contributed by atoms with van der Waals surface area (Å²) < 4.78 is 0. The first-order valence-electron chi connectivity index (χ1n) is 9.33. The molecule has 3 aliphatic rings. The lowest BCUT2D eigenvalue weighted by atomic mass is 9.81. The molecular weight excluding hydrogens is 300 g/mol. The maximum atomic E-state index is 12.7. The minimum Gasteiger partial charge on any atom is -0.350 e. The quantitative estimate of drug-likeness (QED) is 0.779. The Bertz CT molecular complexity index is 502. The molecule has 0 spiro atoms. The van der Waals surface area contributed by atoms with E-state index in [0.29, 0.717) is 12.8 Å². The van der Waals surface area contributed by atoms with Gasteiger partial charge in [0.1, 0.15) is 0 Å². The zero-order valence-corrected chi connectivity index (χ0v) is 14.2. The second-order valence-corrected chi connectivity index (χ2v) is 7.10. The summed E-state index contributed by atoms with van der Waals surface area (Å²) in [5.41, 5.74) is 0. The van der Waals surface area contributed by atoms with Crippen LogP contribution in [0.1, 0.15) is 51.4 Å². The number of hydrogen-bond acceptors (Lipinski definition) is 2. The third kappa shape index (κ3) is 4.37. The number of amides is 2. The van der Waals surface area contributed by atoms with E-state index in [1.165, 1.54) is 0 Å². The lowest BCUT2D eigenvalue weighted by molar-refractivity contribution is -0.135. The van der Waals surface area contributed by atoms with Crippen molar-refractivity contribution in [1.82, 2.24) is 10.6 Å². The van der Waals surface area contributed by atoms with E-state index in [1.54, 1.807) is 0 Å². The number of nitrogens with one attached hydrogen (secondary N) is 2. The van der Waals surface area contributed by atoms with E-state index in [1.807, 2.05) is 12.2 Å². The van der Waals surface area contributed by atoms with Crippen LogP contribution >= 0.6 is 0 Å². The summed E-state index contributed by atoms with van der Waals surface area (Å²) in [6.07, 6.45) is 20.2. The smallest absolute Gasteiger partial charge is 0.224 e. The first kappa shape index (κ1) is 17.0. The predicted octanol–water partition coefficient (Wildman–Crippen LogP) is 3.02. The summed E-state index contributed by atoms with van der Waals surface area (Å²) in [7, 11) is 0. The molecule has 130 valence electrons. The molecule has 0 aromatic carbocycles. The Morgan fingerprint density at radius 1 is 0.708 bits per heavy atom. The number of allylic oxidation sites excluding steroid dienone is 4. The summed E-state index contributed by atoms with van der Waals surface area (Å²) in [5, 5.41) is 6.25. The molecule has 24 heavy (non-hydrogen) atoms. The Morgan fingerprint density at radius 3 is 1.54 bits per heavy atom. The fourth-order valence-electron chi connectivity index (χ4n) is 3.84. The Morgan fingerprint density at radius 2 is 1.17 bits per heavy atom. The molecule has 0 aliphatic heterocycles. The lowest BCUT2D eigenvalue weighted by Gasteiger charge is -2.30. The molecule has 0 saturated heterocycles. The monoisotopic (exact) mass is 328 g/mol. The number of carbonyl (C=O) groups excluding carboxylic acids is 2. The van der Waals surface area contributed by atoms with Gasteiger partial charge in [0.25, 0.3) is 0 Å². The summed E-state index contributed by atoms with van der Waals surface area (Å²) in [6.45, 7) is 0. The van der Waals surface area contributed by atoms with Crippen LogP contribution in [0.2, 0.25) is 0 Å². The normalized spacial score (nSPS) is 32.3. The Hall–Kier alpha value is -1.84. The SMILES string of the molecule is O=C(N[C@H]1C=CCCC1)[C@H]1CC=CC[C@H]1C(=O)N[C@@H]1C=CCCC1. The van der Waals surface area contributed by atoms with Crippen LogP contribution in [0, 0.1) is 11.8 Å². The molecule has 2 amide bonds. The van der Waals surface area contributed by atoms with Gasteiger partial charge in [0.2, 0.25) is 11.8 Å². The molecule has 4 heteroatoms. The molecule has 4 atom stereocenters. The molecule has 0 aromatic rings. The molecule has 0 unspecified atom stereocenters. The summed E-state index contributed by atoms with van der Waals surface area (Å²) in [4.78, 5) is 25.4. The van der Waals surface area contributed by atoms with Gasteiger partial charge in [0, 0.05) is 12.1 Å². The van der Waals surface area contributed by atoms with Crippen LogP contribution in [0.4, 0.5) is 0 Å². The highest BCUT2D eigenvalue weighted by molar-refractivity contribution is 5.88. The van der Waals surface area contributed by atoms with Gasteiger partial charge in [-0.1, -0.05) is 36.5 Å². The van der Waals surface area contributed by atoms with Crippen LogP contribution in [-0.2, 0) is 9.59 Å². The highest BCUT2D eigenvalue weighted by Crippen LogP contribution is 2.27. The highest BCUT2D eigenvalue weighted by Gasteiger charge is 2.35. The summed E-state index contributed by atoms with van der Waals surface area (Å²) in [5.74, 6) is -0.457. The largest absolute Gasteiger partial charge is 0.350 e. The molecule has 0 radical (unpaired) electrons. The molecule has 4 nitrogen and oxygen atoms in total. The average Bonchev–Trinajstić information content (AvgIpc) is 2.63. The van der Waals surface area contributed by atoms with Crippen molar-refractivity contribution in [3.8, 4) is 0 Å². The van der Waals surface area contributed by atoms with Crippen LogP contribution < -0.4 is 10.6 Å². The van der Waals surface area contributed by atoms with Crippen LogP contribution in [-0.4, -0.2) is 23.9 Å².